The molecular weight excluding hydrogens is 294 g/mol. The molecule has 0 bridgehead atoms. The van der Waals surface area contributed by atoms with Crippen LogP contribution in [-0.2, 0) is 6.54 Å². The van der Waals surface area contributed by atoms with Gasteiger partial charge in [-0.05, 0) is 38.0 Å². The lowest BCUT2D eigenvalue weighted by molar-refractivity contribution is 0.173. The summed E-state index contributed by atoms with van der Waals surface area (Å²) >= 11 is 5.49. The molecule has 1 N–H and O–H groups in total. The lowest BCUT2D eigenvalue weighted by atomic mass is 10.1. The van der Waals surface area contributed by atoms with Gasteiger partial charge < -0.3 is 15.0 Å². The van der Waals surface area contributed by atoms with Gasteiger partial charge in [0, 0.05) is 44.3 Å². The van der Waals surface area contributed by atoms with Crippen molar-refractivity contribution in [3.8, 4) is 5.75 Å². The van der Waals surface area contributed by atoms with Crippen molar-refractivity contribution < 1.29 is 4.74 Å². The fraction of sp³-hybridized carbons (Fsp3) is 0.588. The summed E-state index contributed by atoms with van der Waals surface area (Å²) in [5, 5.41) is 4.37. The summed E-state index contributed by atoms with van der Waals surface area (Å²) in [7, 11) is 1.74. The highest BCUT2D eigenvalue weighted by Crippen LogP contribution is 2.22. The number of aryl methyl sites for hydroxylation is 1. The molecule has 0 amide bonds. The second-order valence-corrected chi connectivity index (χ2v) is 6.69. The Balaban J connectivity index is 1.53. The number of hydrogen-bond donors (Lipinski definition) is 1. The molecule has 1 aliphatic heterocycles. The highest BCUT2D eigenvalue weighted by atomic mass is 32.1. The zero-order valence-electron chi connectivity index (χ0n) is 13.5. The highest BCUT2D eigenvalue weighted by Gasteiger charge is 2.25. The molecule has 22 heavy (non-hydrogen) atoms. The summed E-state index contributed by atoms with van der Waals surface area (Å²) in [6, 6.07) is 7.03. The maximum Gasteiger partial charge on any atom is 0.169 e. The first-order valence-electron chi connectivity index (χ1n) is 8.07. The van der Waals surface area contributed by atoms with Crippen LogP contribution in [0.3, 0.4) is 0 Å². The Kier molecular flexibility index (Phi) is 4.84. The molecule has 4 nitrogen and oxygen atoms in total. The summed E-state index contributed by atoms with van der Waals surface area (Å²) in [5.74, 6) is 0.985. The lowest BCUT2D eigenvalue weighted by Crippen LogP contribution is -2.51. The molecule has 2 aliphatic rings. The Labute approximate surface area is 138 Å². The van der Waals surface area contributed by atoms with Gasteiger partial charge in [0.2, 0.25) is 0 Å². The van der Waals surface area contributed by atoms with Crippen molar-refractivity contribution in [1.29, 1.82) is 0 Å². The molecule has 2 fully saturated rings. The largest absolute Gasteiger partial charge is 0.496 e. The van der Waals surface area contributed by atoms with Gasteiger partial charge in [-0.25, -0.2) is 0 Å². The van der Waals surface area contributed by atoms with Crippen molar-refractivity contribution in [3.63, 3.8) is 0 Å². The fourth-order valence-electron chi connectivity index (χ4n) is 2.87. The SMILES string of the molecule is COc1ccc(C)cc1CN1CCN(C(=S)NC2CC2)CC1. The molecule has 1 saturated heterocycles. The van der Waals surface area contributed by atoms with Gasteiger partial charge in [-0.15, -0.1) is 0 Å². The lowest BCUT2D eigenvalue weighted by Gasteiger charge is -2.36. The van der Waals surface area contributed by atoms with E-state index in [1.165, 1.54) is 24.0 Å². The van der Waals surface area contributed by atoms with E-state index in [2.05, 4.69) is 40.2 Å². The van der Waals surface area contributed by atoms with Crippen LogP contribution in [0.25, 0.3) is 0 Å². The molecule has 0 spiro atoms. The maximum absolute atomic E-state index is 5.49. The molecule has 1 aromatic rings. The Bertz CT molecular complexity index is 537. The number of ether oxygens (including phenoxy) is 1. The van der Waals surface area contributed by atoms with Crippen LogP contribution in [0.2, 0.25) is 0 Å². The Hall–Kier alpha value is -1.33. The van der Waals surface area contributed by atoms with Crippen molar-refractivity contribution in [2.75, 3.05) is 33.3 Å². The Morgan fingerprint density at radius 3 is 2.64 bits per heavy atom. The minimum absolute atomic E-state index is 0.641. The van der Waals surface area contributed by atoms with E-state index in [0.717, 1.165) is 43.6 Å². The monoisotopic (exact) mass is 319 g/mol. The third-order valence-electron chi connectivity index (χ3n) is 4.39. The second kappa shape index (κ2) is 6.84. The van der Waals surface area contributed by atoms with E-state index in [4.69, 9.17) is 17.0 Å². The topological polar surface area (TPSA) is 27.7 Å². The van der Waals surface area contributed by atoms with E-state index in [9.17, 15) is 0 Å². The van der Waals surface area contributed by atoms with E-state index in [1.54, 1.807) is 7.11 Å². The highest BCUT2D eigenvalue weighted by molar-refractivity contribution is 7.80. The van der Waals surface area contributed by atoms with Gasteiger partial charge in [-0.2, -0.15) is 0 Å². The summed E-state index contributed by atoms with van der Waals surface area (Å²) in [4.78, 5) is 4.78. The van der Waals surface area contributed by atoms with Crippen LogP contribution in [0.1, 0.15) is 24.0 Å². The molecule has 120 valence electrons. The van der Waals surface area contributed by atoms with Crippen molar-refractivity contribution in [2.24, 2.45) is 0 Å². The number of benzene rings is 1. The van der Waals surface area contributed by atoms with Crippen molar-refractivity contribution in [2.45, 2.75) is 32.4 Å². The molecule has 0 aromatic heterocycles. The number of hydrogen-bond acceptors (Lipinski definition) is 3. The molecule has 1 aromatic carbocycles. The molecular formula is C17H25N3OS. The number of thiocarbonyl (C=S) groups is 1. The van der Waals surface area contributed by atoms with Gasteiger partial charge in [0.15, 0.2) is 5.11 Å². The van der Waals surface area contributed by atoms with Gasteiger partial charge in [0.25, 0.3) is 0 Å². The van der Waals surface area contributed by atoms with Gasteiger partial charge >= 0.3 is 0 Å². The van der Waals surface area contributed by atoms with Crippen LogP contribution in [0, 0.1) is 6.92 Å². The van der Waals surface area contributed by atoms with Crippen molar-refractivity contribution in [3.05, 3.63) is 29.3 Å². The molecule has 3 rings (SSSR count). The van der Waals surface area contributed by atoms with E-state index < -0.39 is 0 Å². The molecule has 0 unspecified atom stereocenters. The number of methoxy groups -OCH3 is 1. The van der Waals surface area contributed by atoms with Crippen molar-refractivity contribution >= 4 is 17.3 Å². The quantitative estimate of drug-likeness (QED) is 0.859. The van der Waals surface area contributed by atoms with Crippen molar-refractivity contribution in [1.82, 2.24) is 15.1 Å². The number of nitrogens with one attached hydrogen (secondary N) is 1. The van der Waals surface area contributed by atoms with Gasteiger partial charge in [0.05, 0.1) is 7.11 Å². The molecule has 0 radical (unpaired) electrons. The van der Waals surface area contributed by atoms with Gasteiger partial charge in [-0.1, -0.05) is 17.7 Å². The van der Waals surface area contributed by atoms with Gasteiger partial charge in [-0.3, -0.25) is 4.90 Å². The molecule has 1 heterocycles. The number of nitrogens with zero attached hydrogens (tertiary/aromatic N) is 2. The van der Waals surface area contributed by atoms with Crippen LogP contribution in [0.5, 0.6) is 5.75 Å². The first-order chi connectivity index (χ1) is 10.7. The van der Waals surface area contributed by atoms with Gasteiger partial charge in [0.1, 0.15) is 5.75 Å². The summed E-state index contributed by atoms with van der Waals surface area (Å²) in [5.41, 5.74) is 2.55. The predicted molar refractivity (Wildman–Crippen MR) is 93.3 cm³/mol. The second-order valence-electron chi connectivity index (χ2n) is 6.30. The van der Waals surface area contributed by atoms with Crippen LogP contribution >= 0.6 is 12.2 Å². The van der Waals surface area contributed by atoms with Crippen LogP contribution in [0.15, 0.2) is 18.2 Å². The standard InChI is InChI=1S/C17H25N3OS/c1-13-3-6-16(21-2)14(11-13)12-19-7-9-20(10-8-19)17(22)18-15-4-5-15/h3,6,11,15H,4-5,7-10,12H2,1-2H3,(H,18,22). The minimum Gasteiger partial charge on any atom is -0.496 e. The molecule has 0 atom stereocenters. The van der Waals surface area contributed by atoms with Crippen LogP contribution in [-0.4, -0.2) is 54.2 Å². The average Bonchev–Trinajstić information content (AvgIpc) is 3.32. The molecule has 1 aliphatic carbocycles. The fourth-order valence-corrected chi connectivity index (χ4v) is 3.22. The first-order valence-corrected chi connectivity index (χ1v) is 8.48. The average molecular weight is 319 g/mol. The minimum atomic E-state index is 0.641. The Morgan fingerprint density at radius 1 is 1.27 bits per heavy atom. The Morgan fingerprint density at radius 2 is 2.00 bits per heavy atom. The van der Waals surface area contributed by atoms with Crippen LogP contribution < -0.4 is 10.1 Å². The number of piperazine rings is 1. The third-order valence-corrected chi connectivity index (χ3v) is 4.77. The summed E-state index contributed by atoms with van der Waals surface area (Å²) in [6.45, 7) is 7.18. The first kappa shape index (κ1) is 15.6. The zero-order valence-corrected chi connectivity index (χ0v) is 14.3. The van der Waals surface area contributed by atoms with E-state index >= 15 is 0 Å². The summed E-state index contributed by atoms with van der Waals surface area (Å²) < 4.78 is 5.48. The van der Waals surface area contributed by atoms with Crippen LogP contribution in [0.4, 0.5) is 0 Å². The summed E-state index contributed by atoms with van der Waals surface area (Å²) in [6.07, 6.45) is 2.54. The third kappa shape index (κ3) is 3.90. The van der Waals surface area contributed by atoms with E-state index in [1.807, 2.05) is 0 Å². The predicted octanol–water partition coefficient (Wildman–Crippen LogP) is 2.16. The maximum atomic E-state index is 5.49. The molecule has 5 heteroatoms. The van der Waals surface area contributed by atoms with E-state index in [0.29, 0.717) is 6.04 Å². The van der Waals surface area contributed by atoms with E-state index in [-0.39, 0.29) is 0 Å². The number of rotatable bonds is 4. The normalized spacial score (nSPS) is 19.1. The molecule has 1 saturated carbocycles. The zero-order chi connectivity index (χ0) is 15.5. The smallest absolute Gasteiger partial charge is 0.169 e.